The highest BCUT2D eigenvalue weighted by Crippen LogP contribution is 2.13. The van der Waals surface area contributed by atoms with Gasteiger partial charge in [0.25, 0.3) is 15.9 Å². The Hall–Kier alpha value is -1.87. The van der Waals surface area contributed by atoms with E-state index in [4.69, 9.17) is 9.52 Å². The Bertz CT molecular complexity index is 562. The zero-order valence-electron chi connectivity index (χ0n) is 10.2. The molecule has 106 valence electrons. The highest BCUT2D eigenvalue weighted by Gasteiger charge is 2.19. The second-order valence-corrected chi connectivity index (χ2v) is 5.40. The Labute approximate surface area is 109 Å². The second kappa shape index (κ2) is 6.34. The predicted molar refractivity (Wildman–Crippen MR) is 64.2 cm³/mol. The fourth-order valence-corrected chi connectivity index (χ4v) is 1.86. The third kappa shape index (κ3) is 4.38. The Morgan fingerprint density at radius 2 is 2.05 bits per heavy atom. The third-order valence-electron chi connectivity index (χ3n) is 2.19. The molecule has 3 N–H and O–H groups in total. The number of rotatable bonds is 7. The van der Waals surface area contributed by atoms with Crippen molar-refractivity contribution in [1.82, 2.24) is 10.0 Å². The van der Waals surface area contributed by atoms with Gasteiger partial charge in [0.2, 0.25) is 5.09 Å². The molecular formula is C10H14N2O6S. The molecule has 0 saturated heterocycles. The Kier molecular flexibility index (Phi) is 5.07. The van der Waals surface area contributed by atoms with E-state index < -0.39 is 21.9 Å². The maximum atomic E-state index is 11.6. The molecule has 0 saturated carbocycles. The van der Waals surface area contributed by atoms with Gasteiger partial charge in [0.1, 0.15) is 0 Å². The average Bonchev–Trinajstić information content (AvgIpc) is 2.84. The van der Waals surface area contributed by atoms with Gasteiger partial charge in [-0.2, -0.15) is 0 Å². The number of furan rings is 1. The summed E-state index contributed by atoms with van der Waals surface area (Å²) in [6, 6.07) is 2.40. The SMILES string of the molecule is CNS(=O)(=O)c1ccc(C(=O)NCCCC(=O)O)o1. The lowest BCUT2D eigenvalue weighted by Crippen LogP contribution is -2.24. The van der Waals surface area contributed by atoms with Crippen LogP contribution in [0.5, 0.6) is 0 Å². The van der Waals surface area contributed by atoms with Crippen LogP contribution in [0.15, 0.2) is 21.6 Å². The summed E-state index contributed by atoms with van der Waals surface area (Å²) >= 11 is 0. The monoisotopic (exact) mass is 290 g/mol. The normalized spacial score (nSPS) is 11.2. The minimum absolute atomic E-state index is 0.0577. The molecule has 0 atom stereocenters. The maximum Gasteiger partial charge on any atom is 0.303 e. The van der Waals surface area contributed by atoms with Crippen molar-refractivity contribution in [2.45, 2.75) is 17.9 Å². The molecule has 1 amide bonds. The van der Waals surface area contributed by atoms with Crippen LogP contribution in [0.4, 0.5) is 0 Å². The lowest BCUT2D eigenvalue weighted by atomic mass is 10.3. The van der Waals surface area contributed by atoms with Crippen molar-refractivity contribution in [3.8, 4) is 0 Å². The van der Waals surface area contributed by atoms with E-state index in [1.54, 1.807) is 0 Å². The van der Waals surface area contributed by atoms with E-state index in [1.165, 1.54) is 13.1 Å². The summed E-state index contributed by atoms with van der Waals surface area (Å²) in [6.45, 7) is 0.167. The number of aliphatic carboxylic acids is 1. The van der Waals surface area contributed by atoms with E-state index >= 15 is 0 Å². The van der Waals surface area contributed by atoms with Gasteiger partial charge in [-0.05, 0) is 25.6 Å². The fourth-order valence-electron chi connectivity index (χ4n) is 1.22. The van der Waals surface area contributed by atoms with Crippen molar-refractivity contribution in [1.29, 1.82) is 0 Å². The number of amides is 1. The number of carboxylic acid groups (broad SMARTS) is 1. The van der Waals surface area contributed by atoms with Crippen molar-refractivity contribution >= 4 is 21.9 Å². The summed E-state index contributed by atoms with van der Waals surface area (Å²) in [4.78, 5) is 21.8. The van der Waals surface area contributed by atoms with Crippen LogP contribution in [0.3, 0.4) is 0 Å². The first kappa shape index (κ1) is 15.2. The molecule has 1 aromatic heterocycles. The van der Waals surface area contributed by atoms with E-state index in [9.17, 15) is 18.0 Å². The molecule has 1 aromatic rings. The second-order valence-electron chi connectivity index (χ2n) is 3.58. The van der Waals surface area contributed by atoms with Gasteiger partial charge in [-0.3, -0.25) is 9.59 Å². The summed E-state index contributed by atoms with van der Waals surface area (Å²) in [7, 11) is -2.50. The van der Waals surface area contributed by atoms with Crippen LogP contribution in [-0.4, -0.2) is 39.0 Å². The molecule has 1 rings (SSSR count). The molecule has 1 heterocycles. The topological polar surface area (TPSA) is 126 Å². The first-order valence-corrected chi connectivity index (χ1v) is 6.88. The van der Waals surface area contributed by atoms with Crippen LogP contribution in [0, 0.1) is 0 Å². The number of hydrogen-bond donors (Lipinski definition) is 3. The minimum atomic E-state index is -3.72. The van der Waals surface area contributed by atoms with E-state index in [-0.39, 0.29) is 30.2 Å². The summed E-state index contributed by atoms with van der Waals surface area (Å²) in [5, 5.41) is 10.5. The van der Waals surface area contributed by atoms with E-state index in [2.05, 4.69) is 10.0 Å². The van der Waals surface area contributed by atoms with Gasteiger partial charge in [0.05, 0.1) is 0 Å². The third-order valence-corrected chi connectivity index (χ3v) is 3.48. The van der Waals surface area contributed by atoms with E-state index in [1.807, 2.05) is 0 Å². The van der Waals surface area contributed by atoms with Gasteiger partial charge in [0, 0.05) is 13.0 Å². The number of carbonyl (C=O) groups excluding carboxylic acids is 1. The number of carbonyl (C=O) groups is 2. The van der Waals surface area contributed by atoms with Gasteiger partial charge in [-0.1, -0.05) is 0 Å². The minimum Gasteiger partial charge on any atom is -0.481 e. The summed E-state index contributed by atoms with van der Waals surface area (Å²) < 4.78 is 29.7. The van der Waals surface area contributed by atoms with Crippen molar-refractivity contribution in [2.24, 2.45) is 0 Å². The molecule has 0 aliphatic heterocycles. The lowest BCUT2D eigenvalue weighted by Gasteiger charge is -2.01. The number of sulfonamides is 1. The molecule has 0 aliphatic rings. The lowest BCUT2D eigenvalue weighted by molar-refractivity contribution is -0.137. The Morgan fingerprint density at radius 1 is 1.37 bits per heavy atom. The first-order chi connectivity index (χ1) is 8.86. The molecule has 0 unspecified atom stereocenters. The Balaban J connectivity index is 2.57. The molecule has 19 heavy (non-hydrogen) atoms. The van der Waals surface area contributed by atoms with Crippen LogP contribution in [0.1, 0.15) is 23.4 Å². The van der Waals surface area contributed by atoms with E-state index in [0.717, 1.165) is 6.07 Å². The maximum absolute atomic E-state index is 11.6. The highest BCUT2D eigenvalue weighted by molar-refractivity contribution is 7.89. The highest BCUT2D eigenvalue weighted by atomic mass is 32.2. The molecule has 0 spiro atoms. The predicted octanol–water partition coefficient (Wildman–Crippen LogP) is -0.218. The van der Waals surface area contributed by atoms with E-state index in [0.29, 0.717) is 0 Å². The molecule has 0 fully saturated rings. The Morgan fingerprint density at radius 3 is 2.63 bits per heavy atom. The molecule has 8 nitrogen and oxygen atoms in total. The van der Waals surface area contributed by atoms with Crippen molar-refractivity contribution in [2.75, 3.05) is 13.6 Å². The standard InChI is InChI=1S/C10H14N2O6S/c1-11-19(16,17)9-5-4-7(18-9)10(15)12-6-2-3-8(13)14/h4-5,11H,2-3,6H2,1H3,(H,12,15)(H,13,14). The van der Waals surface area contributed by atoms with Gasteiger partial charge >= 0.3 is 5.97 Å². The zero-order valence-corrected chi connectivity index (χ0v) is 11.0. The van der Waals surface area contributed by atoms with Crippen molar-refractivity contribution < 1.29 is 27.5 Å². The van der Waals surface area contributed by atoms with Gasteiger partial charge < -0.3 is 14.8 Å². The van der Waals surface area contributed by atoms with Crippen LogP contribution in [0.25, 0.3) is 0 Å². The smallest absolute Gasteiger partial charge is 0.303 e. The van der Waals surface area contributed by atoms with Crippen LogP contribution >= 0.6 is 0 Å². The van der Waals surface area contributed by atoms with Crippen LogP contribution in [-0.2, 0) is 14.8 Å². The summed E-state index contributed by atoms with van der Waals surface area (Å²) in [5.74, 6) is -1.69. The molecular weight excluding hydrogens is 276 g/mol. The van der Waals surface area contributed by atoms with Gasteiger partial charge in [-0.25, -0.2) is 13.1 Å². The first-order valence-electron chi connectivity index (χ1n) is 5.40. The fraction of sp³-hybridized carbons (Fsp3) is 0.400. The molecule has 0 bridgehead atoms. The largest absolute Gasteiger partial charge is 0.481 e. The van der Waals surface area contributed by atoms with Crippen molar-refractivity contribution in [3.63, 3.8) is 0 Å². The summed E-state index contributed by atoms with van der Waals surface area (Å²) in [5.41, 5.74) is 0. The van der Waals surface area contributed by atoms with Gasteiger partial charge in [0.15, 0.2) is 5.76 Å². The number of carboxylic acids is 1. The average molecular weight is 290 g/mol. The van der Waals surface area contributed by atoms with Gasteiger partial charge in [-0.15, -0.1) is 0 Å². The summed E-state index contributed by atoms with van der Waals surface area (Å²) in [6.07, 6.45) is 0.223. The zero-order chi connectivity index (χ0) is 14.5. The molecule has 9 heteroatoms. The number of nitrogens with one attached hydrogen (secondary N) is 2. The molecule has 0 aromatic carbocycles. The number of hydrogen-bond acceptors (Lipinski definition) is 5. The molecule has 0 aliphatic carbocycles. The van der Waals surface area contributed by atoms with Crippen LogP contribution in [0.2, 0.25) is 0 Å². The molecule has 0 radical (unpaired) electrons. The quantitative estimate of drug-likeness (QED) is 0.596. The van der Waals surface area contributed by atoms with Crippen molar-refractivity contribution in [3.05, 3.63) is 17.9 Å². The van der Waals surface area contributed by atoms with Crippen LogP contribution < -0.4 is 10.0 Å².